The van der Waals surface area contributed by atoms with Crippen LogP contribution in [0, 0.1) is 23.7 Å². The van der Waals surface area contributed by atoms with Gasteiger partial charge in [-0.25, -0.2) is 9.69 Å². The zero-order valence-electron chi connectivity index (χ0n) is 16.3. The van der Waals surface area contributed by atoms with Gasteiger partial charge in [-0.1, -0.05) is 18.2 Å². The number of Topliss-reactive ketones (excluding diaryl/α,β-unsaturated/α-hetero) is 1. The smallest absolute Gasteiger partial charge is 0.343 e. The topological polar surface area (TPSA) is 80.8 Å². The molecule has 1 aliphatic heterocycles. The molecule has 1 heterocycles. The Bertz CT molecular complexity index is 1090. The summed E-state index contributed by atoms with van der Waals surface area (Å²) < 4.78 is 5.38. The second-order valence-electron chi connectivity index (χ2n) is 8.03. The summed E-state index contributed by atoms with van der Waals surface area (Å²) in [6.07, 6.45) is 4.97. The molecule has 4 atom stereocenters. The molecule has 2 amide bonds. The van der Waals surface area contributed by atoms with Crippen LogP contribution in [0.15, 0.2) is 60.7 Å². The molecular formula is C24H19NO5. The number of hydrogen-bond acceptors (Lipinski definition) is 5. The predicted octanol–water partition coefficient (Wildman–Crippen LogP) is 3.42. The number of imide groups is 1. The second-order valence-corrected chi connectivity index (χ2v) is 8.03. The fraction of sp³-hybridized carbons (Fsp3) is 0.250. The Morgan fingerprint density at radius 3 is 2.13 bits per heavy atom. The maximum absolute atomic E-state index is 13.0. The molecule has 0 spiro atoms. The second kappa shape index (κ2) is 6.76. The summed E-state index contributed by atoms with van der Waals surface area (Å²) in [7, 11) is 0. The van der Waals surface area contributed by atoms with Crippen molar-refractivity contribution >= 4 is 29.3 Å². The van der Waals surface area contributed by atoms with Crippen LogP contribution in [-0.2, 0) is 9.59 Å². The number of benzene rings is 2. The van der Waals surface area contributed by atoms with Crippen molar-refractivity contribution < 1.29 is 23.9 Å². The Morgan fingerprint density at radius 2 is 1.53 bits per heavy atom. The van der Waals surface area contributed by atoms with Gasteiger partial charge in [0, 0.05) is 5.56 Å². The van der Waals surface area contributed by atoms with Gasteiger partial charge in [-0.15, -0.1) is 0 Å². The molecule has 1 saturated carbocycles. The molecule has 3 aliphatic rings. The summed E-state index contributed by atoms with van der Waals surface area (Å²) in [5, 5.41) is 0. The van der Waals surface area contributed by atoms with Crippen LogP contribution in [0.1, 0.15) is 34.1 Å². The monoisotopic (exact) mass is 401 g/mol. The normalized spacial score (nSPS) is 26.2. The molecule has 6 nitrogen and oxygen atoms in total. The van der Waals surface area contributed by atoms with E-state index in [0.717, 1.165) is 6.42 Å². The number of esters is 1. The molecule has 6 heteroatoms. The number of ketones is 1. The van der Waals surface area contributed by atoms with Gasteiger partial charge >= 0.3 is 5.97 Å². The van der Waals surface area contributed by atoms with Gasteiger partial charge < -0.3 is 4.74 Å². The van der Waals surface area contributed by atoms with Crippen molar-refractivity contribution in [3.8, 4) is 5.75 Å². The number of hydrogen-bond donors (Lipinski definition) is 0. The van der Waals surface area contributed by atoms with E-state index in [9.17, 15) is 19.2 Å². The molecule has 30 heavy (non-hydrogen) atoms. The lowest BCUT2D eigenvalue weighted by Gasteiger charge is -2.18. The SMILES string of the molecule is CC(=O)c1ccc(OC(=O)c2cccc(N3C(=O)[C@@H]4[C@H](C3=O)[C@H]3C=C[C@H]4C3)c2)cc1. The van der Waals surface area contributed by atoms with Crippen molar-refractivity contribution in [3.05, 3.63) is 71.8 Å². The molecule has 2 aromatic rings. The van der Waals surface area contributed by atoms with E-state index >= 15 is 0 Å². The number of carbonyl (C=O) groups is 4. The van der Waals surface area contributed by atoms with E-state index < -0.39 is 5.97 Å². The molecule has 150 valence electrons. The van der Waals surface area contributed by atoms with Crippen molar-refractivity contribution in [2.24, 2.45) is 23.7 Å². The Morgan fingerprint density at radius 1 is 0.900 bits per heavy atom. The molecule has 2 bridgehead atoms. The van der Waals surface area contributed by atoms with E-state index in [1.807, 2.05) is 12.2 Å². The van der Waals surface area contributed by atoms with Gasteiger partial charge in [0.05, 0.1) is 23.1 Å². The fourth-order valence-corrected chi connectivity index (χ4v) is 4.85. The van der Waals surface area contributed by atoms with Crippen molar-refractivity contribution in [2.75, 3.05) is 4.90 Å². The van der Waals surface area contributed by atoms with Crippen LogP contribution in [0.3, 0.4) is 0 Å². The quantitative estimate of drug-likeness (QED) is 0.258. The van der Waals surface area contributed by atoms with Crippen LogP contribution in [0.5, 0.6) is 5.75 Å². The summed E-state index contributed by atoms with van der Waals surface area (Å²) in [5.41, 5.74) is 1.15. The Balaban J connectivity index is 1.37. The third kappa shape index (κ3) is 2.79. The average molecular weight is 401 g/mol. The van der Waals surface area contributed by atoms with E-state index in [4.69, 9.17) is 4.74 Å². The van der Waals surface area contributed by atoms with Gasteiger partial charge in [-0.05, 0) is 67.6 Å². The van der Waals surface area contributed by atoms with Crippen LogP contribution in [0.2, 0.25) is 0 Å². The number of rotatable bonds is 4. The first-order valence-corrected chi connectivity index (χ1v) is 9.93. The van der Waals surface area contributed by atoms with Gasteiger partial charge in [-0.2, -0.15) is 0 Å². The first kappa shape index (κ1) is 18.5. The number of nitrogens with zero attached hydrogens (tertiary/aromatic N) is 1. The summed E-state index contributed by atoms with van der Waals surface area (Å²) in [5.74, 6) is -1.06. The van der Waals surface area contributed by atoms with E-state index in [1.54, 1.807) is 42.5 Å². The minimum atomic E-state index is -0.603. The summed E-state index contributed by atoms with van der Waals surface area (Å²) in [6.45, 7) is 1.46. The van der Waals surface area contributed by atoms with Crippen molar-refractivity contribution in [1.82, 2.24) is 0 Å². The third-order valence-electron chi connectivity index (χ3n) is 6.28. The molecule has 2 aliphatic carbocycles. The van der Waals surface area contributed by atoms with E-state index in [-0.39, 0.29) is 46.8 Å². The molecule has 0 radical (unpaired) electrons. The van der Waals surface area contributed by atoms with Crippen LogP contribution in [0.25, 0.3) is 0 Å². The summed E-state index contributed by atoms with van der Waals surface area (Å²) in [6, 6.07) is 12.7. The lowest BCUT2D eigenvalue weighted by molar-refractivity contribution is -0.123. The minimum absolute atomic E-state index is 0.0751. The Kier molecular flexibility index (Phi) is 4.17. The number of carbonyl (C=O) groups excluding carboxylic acids is 4. The predicted molar refractivity (Wildman–Crippen MR) is 108 cm³/mol. The standard InChI is InChI=1S/C24H19NO5/c1-13(26)14-7-9-19(10-8-14)30-24(29)17-3-2-4-18(12-17)25-22(27)20-15-5-6-16(11-15)21(20)23(25)28/h2-10,12,15-16,20-21H,11H2,1H3/t15-,16-,20-,21+/m0/s1. The number of anilines is 1. The van der Waals surface area contributed by atoms with Crippen LogP contribution < -0.4 is 9.64 Å². The van der Waals surface area contributed by atoms with E-state index in [1.165, 1.54) is 17.9 Å². The Hall–Kier alpha value is -3.54. The summed E-state index contributed by atoms with van der Waals surface area (Å²) >= 11 is 0. The molecule has 0 N–H and O–H groups in total. The van der Waals surface area contributed by atoms with Gasteiger partial charge in [0.15, 0.2) is 5.78 Å². The number of amides is 2. The number of allylic oxidation sites excluding steroid dienone is 2. The molecule has 0 aromatic heterocycles. The summed E-state index contributed by atoms with van der Waals surface area (Å²) in [4.78, 5) is 51.1. The van der Waals surface area contributed by atoms with Crippen molar-refractivity contribution in [2.45, 2.75) is 13.3 Å². The number of fused-ring (bicyclic) bond motifs is 5. The van der Waals surface area contributed by atoms with Gasteiger partial charge in [0.25, 0.3) is 0 Å². The highest BCUT2D eigenvalue weighted by Gasteiger charge is 2.59. The van der Waals surface area contributed by atoms with E-state index in [2.05, 4.69) is 0 Å². The molecule has 0 unspecified atom stereocenters. The lowest BCUT2D eigenvalue weighted by Crippen LogP contribution is -2.33. The van der Waals surface area contributed by atoms with Crippen molar-refractivity contribution in [1.29, 1.82) is 0 Å². The Labute approximate surface area is 173 Å². The van der Waals surface area contributed by atoms with E-state index in [0.29, 0.717) is 17.0 Å². The van der Waals surface area contributed by atoms with Crippen molar-refractivity contribution in [3.63, 3.8) is 0 Å². The highest BCUT2D eigenvalue weighted by Crippen LogP contribution is 2.53. The first-order valence-electron chi connectivity index (χ1n) is 9.93. The van der Waals surface area contributed by atoms with Gasteiger partial charge in [-0.3, -0.25) is 14.4 Å². The van der Waals surface area contributed by atoms with Gasteiger partial charge in [0.1, 0.15) is 5.75 Å². The van der Waals surface area contributed by atoms with Crippen LogP contribution in [-0.4, -0.2) is 23.6 Å². The zero-order valence-corrected chi connectivity index (χ0v) is 16.3. The fourth-order valence-electron chi connectivity index (χ4n) is 4.85. The molecule has 2 fully saturated rings. The largest absolute Gasteiger partial charge is 0.423 e. The highest BCUT2D eigenvalue weighted by atomic mass is 16.5. The van der Waals surface area contributed by atoms with Crippen LogP contribution >= 0.6 is 0 Å². The maximum Gasteiger partial charge on any atom is 0.343 e. The molecule has 2 aromatic carbocycles. The van der Waals surface area contributed by atoms with Crippen LogP contribution in [0.4, 0.5) is 5.69 Å². The first-order chi connectivity index (χ1) is 14.4. The average Bonchev–Trinajstić information content (AvgIpc) is 3.42. The maximum atomic E-state index is 13.0. The highest BCUT2D eigenvalue weighted by molar-refractivity contribution is 6.23. The molecular weight excluding hydrogens is 382 g/mol. The third-order valence-corrected chi connectivity index (χ3v) is 6.28. The minimum Gasteiger partial charge on any atom is -0.423 e. The zero-order chi connectivity index (χ0) is 21.0. The van der Waals surface area contributed by atoms with Gasteiger partial charge in [0.2, 0.25) is 11.8 Å². The number of ether oxygens (including phenoxy) is 1. The molecule has 1 saturated heterocycles. The molecule has 5 rings (SSSR count). The lowest BCUT2D eigenvalue weighted by atomic mass is 9.85.